The van der Waals surface area contributed by atoms with Crippen LogP contribution in [0.5, 0.6) is 5.75 Å². The summed E-state index contributed by atoms with van der Waals surface area (Å²) in [5.74, 6) is -0.483. The fraction of sp³-hybridized carbons (Fsp3) is 0.414. The fourth-order valence-electron chi connectivity index (χ4n) is 4.67. The van der Waals surface area contributed by atoms with Crippen molar-refractivity contribution in [2.45, 2.75) is 70.8 Å². The Bertz CT molecular complexity index is 1100. The molecule has 0 heterocycles. The zero-order valence-electron chi connectivity index (χ0n) is 21.3. The number of carbonyl (C=O) groups is 1. The molecule has 2 N–H and O–H groups in total. The van der Waals surface area contributed by atoms with Crippen LogP contribution in [0.25, 0.3) is 16.7 Å². The van der Waals surface area contributed by atoms with Gasteiger partial charge in [0.15, 0.2) is 0 Å². The number of rotatable bonds is 8. The van der Waals surface area contributed by atoms with E-state index in [9.17, 15) is 9.90 Å². The van der Waals surface area contributed by atoms with Crippen molar-refractivity contribution in [2.24, 2.45) is 5.41 Å². The maximum atomic E-state index is 15.0. The second kappa shape index (κ2) is 11.6. The Hall–Kier alpha value is -2.35. The molecule has 6 heteroatoms. The van der Waals surface area contributed by atoms with Crippen LogP contribution in [0.1, 0.15) is 75.8 Å². The molecule has 0 atom stereocenters. The van der Waals surface area contributed by atoms with Crippen LogP contribution in [0, 0.1) is 30.6 Å². The van der Waals surface area contributed by atoms with Crippen molar-refractivity contribution in [3.8, 4) is 16.9 Å². The van der Waals surface area contributed by atoms with Gasteiger partial charge in [0, 0.05) is 5.56 Å². The number of aliphatic carboxylic acids is 1. The molecule has 2 aromatic rings. The van der Waals surface area contributed by atoms with Crippen LogP contribution in [0.2, 0.25) is 0 Å². The summed E-state index contributed by atoms with van der Waals surface area (Å²) in [7, 11) is 0. The van der Waals surface area contributed by atoms with Crippen LogP contribution in [0.15, 0.2) is 36.4 Å². The van der Waals surface area contributed by atoms with Gasteiger partial charge >= 0.3 is 24.8 Å². The molecule has 2 aliphatic rings. The van der Waals surface area contributed by atoms with Gasteiger partial charge < -0.3 is 22.7 Å². The van der Waals surface area contributed by atoms with Crippen molar-refractivity contribution in [3.63, 3.8) is 0 Å². The first kappa shape index (κ1) is 28.9. The Labute approximate surface area is 220 Å². The van der Waals surface area contributed by atoms with Crippen molar-refractivity contribution < 1.29 is 37.9 Å². The van der Waals surface area contributed by atoms with Crippen molar-refractivity contribution in [2.75, 3.05) is 0 Å². The Morgan fingerprint density at radius 1 is 1.09 bits per heavy atom. The quantitative estimate of drug-likeness (QED) is 0.340. The predicted molar refractivity (Wildman–Crippen MR) is 135 cm³/mol. The summed E-state index contributed by atoms with van der Waals surface area (Å²) in [6, 6.07) is 10.5. The molecule has 35 heavy (non-hydrogen) atoms. The van der Waals surface area contributed by atoms with E-state index in [-0.39, 0.29) is 55.4 Å². The van der Waals surface area contributed by atoms with E-state index in [2.05, 4.69) is 0 Å². The molecule has 4 rings (SSSR count). The Kier molecular flexibility index (Phi) is 9.56. The molecule has 0 aromatic heterocycles. The number of allylic oxidation sites excluding steroid dienone is 1. The summed E-state index contributed by atoms with van der Waals surface area (Å²) >= 11 is 0. The number of ether oxygens (including phenoxy) is 1. The number of nitrogens with one attached hydrogen (secondary N) is 1. The molecular formula is C29H34FLiNO3-. The molecule has 0 amide bonds. The van der Waals surface area contributed by atoms with Gasteiger partial charge in [-0.15, -0.1) is 11.6 Å². The maximum Gasteiger partial charge on any atom is 1.00 e. The first-order valence-electron chi connectivity index (χ1n) is 11.7. The molecule has 2 saturated carbocycles. The first-order valence-corrected chi connectivity index (χ1v) is 11.7. The van der Waals surface area contributed by atoms with E-state index in [0.717, 1.165) is 56.1 Å². The van der Waals surface area contributed by atoms with Gasteiger partial charge in [0.05, 0.1) is 11.5 Å². The maximum absolute atomic E-state index is 15.0. The first-order chi connectivity index (χ1) is 15.7. The summed E-state index contributed by atoms with van der Waals surface area (Å²) in [6.45, 7) is 9.23. The average molecular weight is 471 g/mol. The van der Waals surface area contributed by atoms with Crippen molar-refractivity contribution in [1.29, 1.82) is 5.41 Å². The van der Waals surface area contributed by atoms with Crippen LogP contribution in [-0.2, 0) is 4.79 Å². The van der Waals surface area contributed by atoms with Gasteiger partial charge in [-0.3, -0.25) is 4.79 Å². The summed E-state index contributed by atoms with van der Waals surface area (Å²) in [6.07, 6.45) is 7.38. The minimum atomic E-state index is -1.43. The molecule has 0 radical (unpaired) electrons. The van der Waals surface area contributed by atoms with Crippen molar-refractivity contribution in [3.05, 3.63) is 67.3 Å². The Morgan fingerprint density at radius 2 is 1.74 bits per heavy atom. The third-order valence-corrected chi connectivity index (χ3v) is 7.17. The van der Waals surface area contributed by atoms with Gasteiger partial charge in [-0.1, -0.05) is 44.2 Å². The normalized spacial score (nSPS) is 16.0. The molecule has 0 spiro atoms. The van der Waals surface area contributed by atoms with Gasteiger partial charge in [0.2, 0.25) is 0 Å². The molecular weight excluding hydrogens is 436 g/mol. The second-order valence-corrected chi connectivity index (χ2v) is 9.78. The fourth-order valence-corrected chi connectivity index (χ4v) is 4.67. The van der Waals surface area contributed by atoms with E-state index >= 15 is 4.39 Å². The van der Waals surface area contributed by atoms with E-state index in [4.69, 9.17) is 16.7 Å². The summed E-state index contributed by atoms with van der Waals surface area (Å²) in [5.41, 5.74) is 1.26. The zero-order valence-corrected chi connectivity index (χ0v) is 21.3. The molecule has 2 aliphatic carbocycles. The molecule has 4 nitrogen and oxygen atoms in total. The summed E-state index contributed by atoms with van der Waals surface area (Å²) < 4.78 is 21.4. The number of carboxylic acid groups (broad SMARTS) is 1. The average Bonchev–Trinajstić information content (AvgIpc) is 3.26. The number of halogens is 1. The SMILES string of the molecule is [CH-]=C(C(=N)C(C)(C)C(=O)O)c1ccc(OC2CCCC2)c(-c2cccc(F)c2C2CCC2)c1.[CH3-].[Li+]. The molecule has 2 aromatic carbocycles. The topological polar surface area (TPSA) is 70.4 Å². The number of benzene rings is 2. The molecule has 0 bridgehead atoms. The van der Waals surface area contributed by atoms with Gasteiger partial charge in [0.25, 0.3) is 0 Å². The van der Waals surface area contributed by atoms with Crippen molar-refractivity contribution in [1.82, 2.24) is 0 Å². The minimum absolute atomic E-state index is 0. The third kappa shape index (κ3) is 5.73. The second-order valence-electron chi connectivity index (χ2n) is 9.78. The van der Waals surface area contributed by atoms with Crippen LogP contribution in [0.4, 0.5) is 4.39 Å². The molecule has 2 fully saturated rings. The van der Waals surface area contributed by atoms with E-state index < -0.39 is 11.4 Å². The van der Waals surface area contributed by atoms with Crippen LogP contribution in [-0.4, -0.2) is 22.9 Å². The number of carboxylic acids is 1. The predicted octanol–water partition coefficient (Wildman–Crippen LogP) is 4.48. The van der Waals surface area contributed by atoms with Crippen LogP contribution >= 0.6 is 0 Å². The van der Waals surface area contributed by atoms with E-state index in [0.29, 0.717) is 16.9 Å². The number of hydrogen-bond acceptors (Lipinski definition) is 3. The summed E-state index contributed by atoms with van der Waals surface area (Å²) in [5, 5.41) is 18.0. The monoisotopic (exact) mass is 470 g/mol. The van der Waals surface area contributed by atoms with Crippen LogP contribution in [0.3, 0.4) is 0 Å². The molecule has 0 aliphatic heterocycles. The van der Waals surface area contributed by atoms with E-state index in [1.807, 2.05) is 18.2 Å². The van der Waals surface area contributed by atoms with Gasteiger partial charge in [-0.25, -0.2) is 11.0 Å². The molecule has 0 saturated heterocycles. The third-order valence-electron chi connectivity index (χ3n) is 7.17. The molecule has 0 unspecified atom stereocenters. The van der Waals surface area contributed by atoms with E-state index in [1.54, 1.807) is 12.1 Å². The van der Waals surface area contributed by atoms with E-state index in [1.165, 1.54) is 19.9 Å². The Morgan fingerprint density at radius 3 is 2.31 bits per heavy atom. The smallest absolute Gasteiger partial charge is 0.490 e. The van der Waals surface area contributed by atoms with Gasteiger partial charge in [0.1, 0.15) is 11.6 Å². The minimum Gasteiger partial charge on any atom is -0.490 e. The van der Waals surface area contributed by atoms with Crippen LogP contribution < -0.4 is 23.6 Å². The molecule has 182 valence electrons. The largest absolute Gasteiger partial charge is 1.00 e. The Balaban J connectivity index is 0.00000216. The summed E-state index contributed by atoms with van der Waals surface area (Å²) in [4.78, 5) is 11.7. The number of hydrogen-bond donors (Lipinski definition) is 2. The zero-order chi connectivity index (χ0) is 23.8. The van der Waals surface area contributed by atoms with Gasteiger partial charge in [-0.05, 0) is 67.7 Å². The van der Waals surface area contributed by atoms with Gasteiger partial charge in [-0.2, -0.15) is 5.57 Å². The van der Waals surface area contributed by atoms with Crippen molar-refractivity contribution >= 4 is 17.3 Å². The standard InChI is InChI=1S/C28H31FNO3.CH3.Li/c1-17(26(30)28(2,3)27(31)32)19-14-15-24(33-20-10-4-5-11-20)22(16-19)21-12-7-13-23(29)25(21)18-8-6-9-18;;/h1,7,12-16,18,20,30H,4-6,8-11H2,2-3H3,(H,31,32);1H3;/q2*-1;+1.